The fraction of sp³-hybridized carbons (Fsp3) is 0.214. The fourth-order valence-electron chi connectivity index (χ4n) is 1.77. The highest BCUT2D eigenvalue weighted by atomic mass is 15.1. The lowest BCUT2D eigenvalue weighted by Gasteiger charge is -2.17. The molecule has 5 nitrogen and oxygen atoms in total. The Morgan fingerprint density at radius 3 is 2.63 bits per heavy atom. The number of aryl methyl sites for hydroxylation is 1. The van der Waals surface area contributed by atoms with Gasteiger partial charge in [0, 0.05) is 19.8 Å². The molecule has 1 aromatic heterocycles. The molecule has 0 aliphatic carbocycles. The van der Waals surface area contributed by atoms with E-state index in [1.165, 1.54) is 0 Å². The van der Waals surface area contributed by atoms with Crippen molar-refractivity contribution in [3.63, 3.8) is 0 Å². The van der Waals surface area contributed by atoms with Crippen molar-refractivity contribution in [2.24, 2.45) is 0 Å². The number of para-hydroxylation sites is 2. The first-order chi connectivity index (χ1) is 9.10. The van der Waals surface area contributed by atoms with Gasteiger partial charge in [-0.1, -0.05) is 12.1 Å². The van der Waals surface area contributed by atoms with Gasteiger partial charge in [0.1, 0.15) is 11.8 Å². The molecular formula is C14H15N5. The topological polar surface area (TPSA) is 64.8 Å². The maximum Gasteiger partial charge on any atom is 0.228 e. The van der Waals surface area contributed by atoms with E-state index in [9.17, 15) is 0 Å². The van der Waals surface area contributed by atoms with Crippen LogP contribution in [0.25, 0.3) is 0 Å². The summed E-state index contributed by atoms with van der Waals surface area (Å²) < 4.78 is 0. The van der Waals surface area contributed by atoms with E-state index in [-0.39, 0.29) is 0 Å². The maximum atomic E-state index is 8.92. The lowest BCUT2D eigenvalue weighted by molar-refractivity contribution is 1.08. The van der Waals surface area contributed by atoms with Crippen LogP contribution in [0, 0.1) is 18.3 Å². The summed E-state index contributed by atoms with van der Waals surface area (Å²) in [7, 11) is 3.94. The van der Waals surface area contributed by atoms with Crippen molar-refractivity contribution in [3.05, 3.63) is 41.7 Å². The fourth-order valence-corrected chi connectivity index (χ4v) is 1.77. The summed E-state index contributed by atoms with van der Waals surface area (Å²) in [5.74, 6) is 0.436. The largest absolute Gasteiger partial charge is 0.376 e. The van der Waals surface area contributed by atoms with Crippen LogP contribution in [-0.2, 0) is 0 Å². The van der Waals surface area contributed by atoms with Crippen molar-refractivity contribution in [2.75, 3.05) is 24.3 Å². The van der Waals surface area contributed by atoms with Gasteiger partial charge in [0.05, 0.1) is 11.4 Å². The highest BCUT2D eigenvalue weighted by molar-refractivity contribution is 5.72. The van der Waals surface area contributed by atoms with Gasteiger partial charge in [-0.25, -0.2) is 9.97 Å². The minimum Gasteiger partial charge on any atom is -0.376 e. The zero-order valence-electron chi connectivity index (χ0n) is 11.2. The number of nitrogens with one attached hydrogen (secondary N) is 1. The Bertz CT molecular complexity index is 628. The number of benzene rings is 1. The van der Waals surface area contributed by atoms with Crippen molar-refractivity contribution in [3.8, 4) is 6.07 Å². The zero-order chi connectivity index (χ0) is 13.8. The van der Waals surface area contributed by atoms with Crippen LogP contribution < -0.4 is 10.2 Å². The first-order valence-electron chi connectivity index (χ1n) is 5.89. The molecule has 0 fully saturated rings. The normalized spacial score (nSPS) is 9.79. The standard InChI is InChI=1S/C14H15N5/c1-10-8-11(9-15)17-14(16-10)18-12-6-4-5-7-13(12)19(2)3/h4-8H,1-3H3,(H,16,17,18). The van der Waals surface area contributed by atoms with E-state index in [2.05, 4.69) is 15.3 Å². The molecule has 0 spiro atoms. The molecule has 0 radical (unpaired) electrons. The summed E-state index contributed by atoms with van der Waals surface area (Å²) in [5.41, 5.74) is 3.06. The Balaban J connectivity index is 2.37. The first kappa shape index (κ1) is 12.8. The third kappa shape index (κ3) is 2.99. The Morgan fingerprint density at radius 2 is 1.95 bits per heavy atom. The van der Waals surface area contributed by atoms with Gasteiger partial charge in [-0.3, -0.25) is 0 Å². The Morgan fingerprint density at radius 1 is 1.21 bits per heavy atom. The molecule has 0 aliphatic heterocycles. The van der Waals surface area contributed by atoms with E-state index in [0.717, 1.165) is 17.1 Å². The van der Waals surface area contributed by atoms with Crippen LogP contribution in [0.3, 0.4) is 0 Å². The first-order valence-corrected chi connectivity index (χ1v) is 5.89. The second kappa shape index (κ2) is 5.36. The molecule has 96 valence electrons. The van der Waals surface area contributed by atoms with Gasteiger partial charge in [-0.15, -0.1) is 0 Å². The highest BCUT2D eigenvalue weighted by Crippen LogP contribution is 2.25. The van der Waals surface area contributed by atoms with Crippen LogP contribution >= 0.6 is 0 Å². The smallest absolute Gasteiger partial charge is 0.228 e. The number of aromatic nitrogens is 2. The van der Waals surface area contributed by atoms with Crippen LogP contribution in [0.2, 0.25) is 0 Å². The van der Waals surface area contributed by atoms with Crippen molar-refractivity contribution in [2.45, 2.75) is 6.92 Å². The van der Waals surface area contributed by atoms with Gasteiger partial charge in [-0.2, -0.15) is 5.26 Å². The third-order valence-electron chi connectivity index (χ3n) is 2.60. The summed E-state index contributed by atoms with van der Waals surface area (Å²) in [6, 6.07) is 11.6. The molecule has 1 heterocycles. The SMILES string of the molecule is Cc1cc(C#N)nc(Nc2ccccc2N(C)C)n1. The molecule has 19 heavy (non-hydrogen) atoms. The van der Waals surface area contributed by atoms with E-state index in [4.69, 9.17) is 5.26 Å². The van der Waals surface area contributed by atoms with Crippen LogP contribution in [0.4, 0.5) is 17.3 Å². The van der Waals surface area contributed by atoms with Crippen LogP contribution in [0.15, 0.2) is 30.3 Å². The van der Waals surface area contributed by atoms with E-state index in [0.29, 0.717) is 11.6 Å². The zero-order valence-corrected chi connectivity index (χ0v) is 11.2. The van der Waals surface area contributed by atoms with Crippen molar-refractivity contribution in [1.29, 1.82) is 5.26 Å². The second-order valence-corrected chi connectivity index (χ2v) is 4.37. The molecule has 2 aromatic rings. The molecule has 1 aromatic carbocycles. The van der Waals surface area contributed by atoms with E-state index in [1.807, 2.05) is 56.3 Å². The predicted molar refractivity (Wildman–Crippen MR) is 75.5 cm³/mol. The lowest BCUT2D eigenvalue weighted by Crippen LogP contribution is -2.11. The van der Waals surface area contributed by atoms with E-state index in [1.54, 1.807) is 6.07 Å². The molecule has 5 heteroatoms. The Hall–Kier alpha value is -2.61. The molecule has 0 saturated heterocycles. The lowest BCUT2D eigenvalue weighted by atomic mass is 10.2. The molecule has 2 rings (SSSR count). The number of rotatable bonds is 3. The Kier molecular flexibility index (Phi) is 3.62. The number of nitrogens with zero attached hydrogens (tertiary/aromatic N) is 4. The molecular weight excluding hydrogens is 238 g/mol. The maximum absolute atomic E-state index is 8.92. The van der Waals surface area contributed by atoms with Crippen molar-refractivity contribution < 1.29 is 0 Å². The molecule has 0 bridgehead atoms. The number of hydrogen-bond acceptors (Lipinski definition) is 5. The number of anilines is 3. The van der Waals surface area contributed by atoms with Gasteiger partial charge >= 0.3 is 0 Å². The average Bonchev–Trinajstić information content (AvgIpc) is 2.38. The molecule has 0 aliphatic rings. The minimum absolute atomic E-state index is 0.359. The van der Waals surface area contributed by atoms with Gasteiger partial charge in [0.2, 0.25) is 5.95 Å². The van der Waals surface area contributed by atoms with Gasteiger partial charge in [-0.05, 0) is 25.1 Å². The van der Waals surface area contributed by atoms with Crippen molar-refractivity contribution in [1.82, 2.24) is 9.97 Å². The van der Waals surface area contributed by atoms with Gasteiger partial charge in [0.25, 0.3) is 0 Å². The van der Waals surface area contributed by atoms with Gasteiger partial charge in [0.15, 0.2) is 0 Å². The summed E-state index contributed by atoms with van der Waals surface area (Å²) in [5, 5.41) is 12.1. The van der Waals surface area contributed by atoms with Gasteiger partial charge < -0.3 is 10.2 Å². The third-order valence-corrected chi connectivity index (χ3v) is 2.60. The number of hydrogen-bond donors (Lipinski definition) is 1. The summed E-state index contributed by atoms with van der Waals surface area (Å²) >= 11 is 0. The molecule has 0 atom stereocenters. The molecule has 0 unspecified atom stereocenters. The monoisotopic (exact) mass is 253 g/mol. The molecule has 1 N–H and O–H groups in total. The van der Waals surface area contributed by atoms with Crippen LogP contribution in [-0.4, -0.2) is 24.1 Å². The summed E-state index contributed by atoms with van der Waals surface area (Å²) in [6.07, 6.45) is 0. The van der Waals surface area contributed by atoms with E-state index < -0.39 is 0 Å². The van der Waals surface area contributed by atoms with Crippen molar-refractivity contribution >= 4 is 17.3 Å². The number of nitriles is 1. The summed E-state index contributed by atoms with van der Waals surface area (Å²) in [4.78, 5) is 10.4. The molecule has 0 amide bonds. The predicted octanol–water partition coefficient (Wildman–Crippen LogP) is 2.47. The average molecular weight is 253 g/mol. The molecule has 0 saturated carbocycles. The highest BCUT2D eigenvalue weighted by Gasteiger charge is 2.07. The van der Waals surface area contributed by atoms with Crippen LogP contribution in [0.5, 0.6) is 0 Å². The quantitative estimate of drug-likeness (QED) is 0.910. The summed E-state index contributed by atoms with van der Waals surface area (Å²) in [6.45, 7) is 1.84. The van der Waals surface area contributed by atoms with Crippen LogP contribution in [0.1, 0.15) is 11.4 Å². The Labute approximate surface area is 112 Å². The minimum atomic E-state index is 0.359. The second-order valence-electron chi connectivity index (χ2n) is 4.37. The van der Waals surface area contributed by atoms with E-state index >= 15 is 0 Å².